The van der Waals surface area contributed by atoms with E-state index in [1.165, 1.54) is 4.90 Å². The Kier molecular flexibility index (Phi) is 5.57. The van der Waals surface area contributed by atoms with Crippen molar-refractivity contribution in [1.29, 1.82) is 0 Å². The fourth-order valence-electron chi connectivity index (χ4n) is 2.61. The van der Waals surface area contributed by atoms with Gasteiger partial charge in [-0.3, -0.25) is 0 Å². The Hall–Kier alpha value is -1.69. The Labute approximate surface area is 139 Å². The van der Waals surface area contributed by atoms with Crippen molar-refractivity contribution in [3.63, 3.8) is 0 Å². The number of likely N-dealkylation sites (N-methyl/N-ethyl adjacent to an activating group) is 1. The van der Waals surface area contributed by atoms with Crippen LogP contribution in [0.4, 0.5) is 0 Å². The molecule has 0 spiro atoms. The van der Waals surface area contributed by atoms with Crippen LogP contribution in [0.2, 0.25) is 0 Å². The number of rotatable bonds is 6. The minimum atomic E-state index is -3.51. The number of hydrogen-bond acceptors (Lipinski definition) is 2. The molecule has 0 bridgehead atoms. The van der Waals surface area contributed by atoms with Gasteiger partial charge in [0.25, 0.3) is 0 Å². The average molecular weight is 333 g/mol. The smallest absolute Gasteiger partial charge is 0.241 e. The van der Waals surface area contributed by atoms with Gasteiger partial charge in [0.1, 0.15) is 6.04 Å². The fourth-order valence-corrected chi connectivity index (χ4v) is 3.98. The number of aryl methyl sites for hydroxylation is 2. The molecule has 0 aromatic heterocycles. The highest BCUT2D eigenvalue weighted by atomic mass is 32.2. The Morgan fingerprint density at radius 3 is 2.30 bits per heavy atom. The van der Waals surface area contributed by atoms with E-state index in [2.05, 4.69) is 4.72 Å². The normalized spacial score (nSPS) is 13.3. The molecular formula is C18H25N2O2S+. The van der Waals surface area contributed by atoms with Crippen LogP contribution in [-0.4, -0.2) is 29.1 Å². The monoisotopic (exact) mass is 333 g/mol. The lowest BCUT2D eigenvalue weighted by atomic mass is 10.1. The van der Waals surface area contributed by atoms with Crippen LogP contribution in [-0.2, 0) is 10.0 Å². The molecule has 23 heavy (non-hydrogen) atoms. The summed E-state index contributed by atoms with van der Waals surface area (Å²) in [5.41, 5.74) is 2.82. The van der Waals surface area contributed by atoms with E-state index in [9.17, 15) is 8.42 Å². The molecule has 124 valence electrons. The van der Waals surface area contributed by atoms with Crippen LogP contribution in [0.25, 0.3) is 0 Å². The first-order valence-corrected chi connectivity index (χ1v) is 9.21. The van der Waals surface area contributed by atoms with Crippen molar-refractivity contribution in [3.05, 3.63) is 65.2 Å². The lowest BCUT2D eigenvalue weighted by molar-refractivity contribution is -0.890. The Bertz CT molecular complexity index is 756. The largest absolute Gasteiger partial charge is 0.333 e. The van der Waals surface area contributed by atoms with Gasteiger partial charge >= 0.3 is 0 Å². The van der Waals surface area contributed by atoms with E-state index in [0.717, 1.165) is 16.7 Å². The van der Waals surface area contributed by atoms with E-state index in [0.29, 0.717) is 11.4 Å². The molecule has 0 aliphatic heterocycles. The standard InChI is InChI=1S/C18H24N2O2S/c1-14-10-11-15(2)18(12-14)23(21,22)19-13-17(20(3)4)16-8-6-5-7-9-16/h5-12,17,19H,13H2,1-4H3/p+1/t17-/m1/s1. The van der Waals surface area contributed by atoms with E-state index >= 15 is 0 Å². The number of benzene rings is 2. The molecule has 0 unspecified atom stereocenters. The third-order valence-corrected chi connectivity index (χ3v) is 5.58. The van der Waals surface area contributed by atoms with Gasteiger partial charge in [-0.05, 0) is 31.0 Å². The van der Waals surface area contributed by atoms with Gasteiger partial charge in [-0.1, -0.05) is 42.5 Å². The van der Waals surface area contributed by atoms with Gasteiger partial charge in [0.2, 0.25) is 10.0 Å². The quantitative estimate of drug-likeness (QED) is 0.841. The summed E-state index contributed by atoms with van der Waals surface area (Å²) < 4.78 is 28.1. The van der Waals surface area contributed by atoms with Crippen molar-refractivity contribution in [2.24, 2.45) is 0 Å². The first-order chi connectivity index (χ1) is 10.8. The zero-order chi connectivity index (χ0) is 17.0. The van der Waals surface area contributed by atoms with Gasteiger partial charge in [0, 0.05) is 5.56 Å². The highest BCUT2D eigenvalue weighted by Gasteiger charge is 2.23. The Morgan fingerprint density at radius 1 is 1.04 bits per heavy atom. The minimum absolute atomic E-state index is 0.0658. The summed E-state index contributed by atoms with van der Waals surface area (Å²) in [5, 5.41) is 0. The van der Waals surface area contributed by atoms with E-state index < -0.39 is 10.0 Å². The summed E-state index contributed by atoms with van der Waals surface area (Å²) in [7, 11) is 0.550. The maximum atomic E-state index is 12.6. The summed E-state index contributed by atoms with van der Waals surface area (Å²) in [6, 6.07) is 15.5. The summed E-state index contributed by atoms with van der Waals surface area (Å²) in [6.45, 7) is 4.08. The molecule has 4 nitrogen and oxygen atoms in total. The molecule has 0 saturated carbocycles. The van der Waals surface area contributed by atoms with Gasteiger partial charge in [0.05, 0.1) is 25.5 Å². The summed E-state index contributed by atoms with van der Waals surface area (Å²) in [6.07, 6.45) is 0. The molecule has 0 amide bonds. The second-order valence-corrected chi connectivity index (χ2v) is 7.90. The third kappa shape index (κ3) is 4.41. The highest BCUT2D eigenvalue weighted by molar-refractivity contribution is 7.89. The fraction of sp³-hybridized carbons (Fsp3) is 0.333. The lowest BCUT2D eigenvalue weighted by Gasteiger charge is -2.22. The molecule has 0 heterocycles. The zero-order valence-electron chi connectivity index (χ0n) is 14.1. The van der Waals surface area contributed by atoms with Crippen LogP contribution < -0.4 is 9.62 Å². The molecule has 5 heteroatoms. The Morgan fingerprint density at radius 2 is 1.70 bits per heavy atom. The molecule has 2 aromatic carbocycles. The van der Waals surface area contributed by atoms with Crippen molar-refractivity contribution in [2.75, 3.05) is 20.6 Å². The van der Waals surface area contributed by atoms with Crippen LogP contribution in [0.15, 0.2) is 53.4 Å². The van der Waals surface area contributed by atoms with Crippen molar-refractivity contribution < 1.29 is 13.3 Å². The number of hydrogen-bond donors (Lipinski definition) is 2. The minimum Gasteiger partial charge on any atom is -0.333 e. The number of nitrogens with one attached hydrogen (secondary N) is 2. The van der Waals surface area contributed by atoms with E-state index in [1.807, 2.05) is 70.4 Å². The number of quaternary nitrogens is 1. The van der Waals surface area contributed by atoms with Gasteiger partial charge < -0.3 is 4.90 Å². The summed E-state index contributed by atoms with van der Waals surface area (Å²) in [4.78, 5) is 1.54. The molecule has 0 saturated heterocycles. The van der Waals surface area contributed by atoms with Crippen LogP contribution >= 0.6 is 0 Å². The lowest BCUT2D eigenvalue weighted by Crippen LogP contribution is -3.07. The molecule has 2 rings (SSSR count). The average Bonchev–Trinajstić information content (AvgIpc) is 2.50. The van der Waals surface area contributed by atoms with Gasteiger partial charge in [0.15, 0.2) is 0 Å². The third-order valence-electron chi connectivity index (χ3n) is 4.01. The van der Waals surface area contributed by atoms with Crippen molar-refractivity contribution >= 4 is 10.0 Å². The van der Waals surface area contributed by atoms with E-state index in [-0.39, 0.29) is 6.04 Å². The molecule has 1 atom stereocenters. The van der Waals surface area contributed by atoms with Crippen LogP contribution in [0, 0.1) is 13.8 Å². The summed E-state index contributed by atoms with van der Waals surface area (Å²) >= 11 is 0. The molecule has 0 radical (unpaired) electrons. The maximum absolute atomic E-state index is 12.6. The van der Waals surface area contributed by atoms with Gasteiger partial charge in [-0.15, -0.1) is 0 Å². The van der Waals surface area contributed by atoms with Gasteiger partial charge in [-0.2, -0.15) is 0 Å². The van der Waals surface area contributed by atoms with E-state index in [4.69, 9.17) is 0 Å². The molecule has 2 aromatic rings. The molecule has 0 aliphatic carbocycles. The molecular weight excluding hydrogens is 308 g/mol. The molecule has 0 fully saturated rings. The van der Waals surface area contributed by atoms with E-state index in [1.54, 1.807) is 6.07 Å². The predicted molar refractivity (Wildman–Crippen MR) is 93.1 cm³/mol. The topological polar surface area (TPSA) is 50.6 Å². The zero-order valence-corrected chi connectivity index (χ0v) is 14.9. The summed E-state index contributed by atoms with van der Waals surface area (Å²) in [5.74, 6) is 0. The number of sulfonamides is 1. The van der Waals surface area contributed by atoms with Gasteiger partial charge in [-0.25, -0.2) is 13.1 Å². The van der Waals surface area contributed by atoms with Crippen LogP contribution in [0.3, 0.4) is 0 Å². The predicted octanol–water partition coefficient (Wildman–Crippen LogP) is 1.47. The highest BCUT2D eigenvalue weighted by Crippen LogP contribution is 2.17. The van der Waals surface area contributed by atoms with Crippen molar-refractivity contribution in [3.8, 4) is 0 Å². The van der Waals surface area contributed by atoms with Crippen LogP contribution in [0.5, 0.6) is 0 Å². The molecule has 0 aliphatic rings. The van der Waals surface area contributed by atoms with Crippen LogP contribution in [0.1, 0.15) is 22.7 Å². The second kappa shape index (κ2) is 7.25. The maximum Gasteiger partial charge on any atom is 0.241 e. The van der Waals surface area contributed by atoms with Crippen molar-refractivity contribution in [2.45, 2.75) is 24.8 Å². The first-order valence-electron chi connectivity index (χ1n) is 7.73. The first kappa shape index (κ1) is 17.7. The Balaban J connectivity index is 2.22. The molecule has 2 N–H and O–H groups in total. The SMILES string of the molecule is Cc1ccc(C)c(S(=O)(=O)NC[C@H](c2ccccc2)[NH+](C)C)c1. The second-order valence-electron chi connectivity index (χ2n) is 6.16. The van der Waals surface area contributed by atoms with Crippen molar-refractivity contribution in [1.82, 2.24) is 4.72 Å².